The number of allylic oxidation sites excluding steroid dienone is 1. The molecule has 394 valence electrons. The van der Waals surface area contributed by atoms with Crippen LogP contribution >= 0.6 is 0 Å². The minimum atomic E-state index is 0.0590. The van der Waals surface area contributed by atoms with Crippen LogP contribution in [0.2, 0.25) is 0 Å². The molecule has 8 aromatic carbocycles. The van der Waals surface area contributed by atoms with Gasteiger partial charge in [-0.3, -0.25) is 4.79 Å². The molecule has 1 aliphatic rings. The van der Waals surface area contributed by atoms with Crippen molar-refractivity contribution in [2.24, 2.45) is 0 Å². The fourth-order valence-electron chi connectivity index (χ4n) is 8.73. The molecule has 0 saturated carbocycles. The maximum absolute atomic E-state index is 12.5. The second kappa shape index (κ2) is 28.8. The number of benzene rings is 8. The van der Waals surface area contributed by atoms with E-state index >= 15 is 0 Å². The van der Waals surface area contributed by atoms with Gasteiger partial charge in [0, 0.05) is 13.0 Å². The van der Waals surface area contributed by atoms with Crippen molar-refractivity contribution in [2.45, 2.75) is 58.2 Å². The number of nitrogens with one attached hydrogen (secondary N) is 1. The molecule has 0 radical (unpaired) electrons. The number of rotatable bonds is 24. The van der Waals surface area contributed by atoms with Gasteiger partial charge in [-0.15, -0.1) is 0 Å². The molecule has 1 unspecified atom stereocenters. The Bertz CT molecular complexity index is 3160. The molecule has 10 heteroatoms. The van der Waals surface area contributed by atoms with E-state index in [-0.39, 0.29) is 11.8 Å². The van der Waals surface area contributed by atoms with Crippen molar-refractivity contribution in [1.29, 1.82) is 0 Å². The predicted molar refractivity (Wildman–Crippen MR) is 306 cm³/mol. The van der Waals surface area contributed by atoms with E-state index in [1.165, 1.54) is 11.1 Å². The highest BCUT2D eigenvalue weighted by atomic mass is 16.5. The first-order valence-corrected chi connectivity index (χ1v) is 25.9. The van der Waals surface area contributed by atoms with E-state index in [1.807, 2.05) is 170 Å². The Morgan fingerprint density at radius 2 is 0.883 bits per heavy atom. The first-order valence-electron chi connectivity index (χ1n) is 25.9. The zero-order chi connectivity index (χ0) is 53.4. The van der Waals surface area contributed by atoms with Gasteiger partial charge in [0.2, 0.25) is 0 Å². The average molecular weight is 1030 g/mol. The van der Waals surface area contributed by atoms with Gasteiger partial charge >= 0.3 is 0 Å². The molecule has 0 bridgehead atoms. The number of carbonyl (C=O) groups is 1. The van der Waals surface area contributed by atoms with Gasteiger partial charge in [-0.1, -0.05) is 158 Å². The van der Waals surface area contributed by atoms with Crippen LogP contribution < -0.4 is 43.2 Å². The molecule has 77 heavy (non-hydrogen) atoms. The minimum Gasteiger partial charge on any atom is -0.493 e. The third kappa shape index (κ3) is 16.4. The van der Waals surface area contributed by atoms with Crippen LogP contribution in [0.15, 0.2) is 200 Å². The lowest BCUT2D eigenvalue weighted by Crippen LogP contribution is -2.28. The first-order chi connectivity index (χ1) is 37.9. The van der Waals surface area contributed by atoms with Crippen LogP contribution in [0.3, 0.4) is 0 Å². The largest absolute Gasteiger partial charge is 0.493 e. The monoisotopic (exact) mass is 1030 g/mol. The van der Waals surface area contributed by atoms with Gasteiger partial charge < -0.3 is 43.2 Å². The number of methoxy groups -OCH3 is 4. The zero-order valence-electron chi connectivity index (χ0n) is 44.3. The molecule has 0 fully saturated rings. The SMILES string of the molecule is COc1cc(/C=C/C(=O)CCCc2ccc(OCc3ccccc3)c(OC)c2)ccc1OCc1ccccc1.COc1cc(/C=C/C2NCCc3cc(OC)c(OCc4ccccc4)cc32)ccc1OCc1ccccc1. The fraction of sp³-hybridized carbons (Fsp3) is 0.209. The predicted octanol–water partition coefficient (Wildman–Crippen LogP) is 14.2. The lowest BCUT2D eigenvalue weighted by atomic mass is 9.93. The molecular formula is C67H67NO9. The summed E-state index contributed by atoms with van der Waals surface area (Å²) in [7, 11) is 6.61. The van der Waals surface area contributed by atoms with E-state index in [1.54, 1.807) is 34.5 Å². The minimum absolute atomic E-state index is 0.0590. The zero-order valence-corrected chi connectivity index (χ0v) is 44.3. The van der Waals surface area contributed by atoms with Gasteiger partial charge in [0.15, 0.2) is 51.8 Å². The highest BCUT2D eigenvalue weighted by Crippen LogP contribution is 2.37. The van der Waals surface area contributed by atoms with Crippen molar-refractivity contribution in [1.82, 2.24) is 5.32 Å². The van der Waals surface area contributed by atoms with Gasteiger partial charge in [-0.05, 0) is 124 Å². The molecule has 0 amide bonds. The average Bonchev–Trinajstić information content (AvgIpc) is 3.49. The Morgan fingerprint density at radius 1 is 0.455 bits per heavy atom. The van der Waals surface area contributed by atoms with Crippen LogP contribution in [0.4, 0.5) is 0 Å². The van der Waals surface area contributed by atoms with Gasteiger partial charge in [0.25, 0.3) is 0 Å². The van der Waals surface area contributed by atoms with Crippen molar-refractivity contribution >= 4 is 17.9 Å². The third-order valence-corrected chi connectivity index (χ3v) is 12.9. The van der Waals surface area contributed by atoms with Crippen molar-refractivity contribution in [3.05, 3.63) is 250 Å². The summed E-state index contributed by atoms with van der Waals surface area (Å²) in [6.07, 6.45) is 10.7. The third-order valence-electron chi connectivity index (χ3n) is 12.9. The number of hydrogen-bond donors (Lipinski definition) is 1. The van der Waals surface area contributed by atoms with Crippen LogP contribution in [-0.4, -0.2) is 40.8 Å². The number of fused-ring (bicyclic) bond motifs is 1. The molecule has 1 N–H and O–H groups in total. The summed E-state index contributed by atoms with van der Waals surface area (Å²) in [6.45, 7) is 2.81. The Morgan fingerprint density at radius 3 is 1.36 bits per heavy atom. The summed E-state index contributed by atoms with van der Waals surface area (Å²) < 4.78 is 46.4. The van der Waals surface area contributed by atoms with E-state index in [9.17, 15) is 4.79 Å². The Balaban J connectivity index is 0.000000204. The number of carbonyl (C=O) groups excluding carboxylic acids is 1. The highest BCUT2D eigenvalue weighted by molar-refractivity contribution is 5.93. The summed E-state index contributed by atoms with van der Waals surface area (Å²) in [4.78, 5) is 12.5. The molecule has 0 aromatic heterocycles. The van der Waals surface area contributed by atoms with Gasteiger partial charge in [-0.25, -0.2) is 0 Å². The lowest BCUT2D eigenvalue weighted by Gasteiger charge is -2.26. The topological polar surface area (TPSA) is 103 Å². The summed E-state index contributed by atoms with van der Waals surface area (Å²) in [5, 5.41) is 3.62. The molecule has 0 spiro atoms. The fourth-order valence-corrected chi connectivity index (χ4v) is 8.73. The van der Waals surface area contributed by atoms with Crippen molar-refractivity contribution < 1.29 is 42.7 Å². The quantitative estimate of drug-likeness (QED) is 0.0589. The molecule has 0 saturated heterocycles. The summed E-state index contributed by atoms with van der Waals surface area (Å²) in [6, 6.07) is 62.2. The van der Waals surface area contributed by atoms with E-state index in [0.29, 0.717) is 61.6 Å². The van der Waals surface area contributed by atoms with Crippen molar-refractivity contribution in [3.63, 3.8) is 0 Å². The van der Waals surface area contributed by atoms with Crippen LogP contribution in [0.1, 0.15) is 69.0 Å². The Labute approximate surface area is 453 Å². The standard InChI is InChI=1S/C34H34O5.C33H33NO4/c1-36-33-22-26(17-20-31(33)38-24-28-10-5-3-6-11-28)14-9-15-30(35)19-16-27-18-21-32(34(23-27)37-2)39-25-29-12-7-4-8-13-29;1-35-31-19-24(14-16-30(31)37-22-25-9-5-3-6-10-25)13-15-29-28-21-33(38-23-26-11-7-4-8-12-26)32(36-2)20-27(28)17-18-34-29/h3-8,10-13,16-23H,9,14-15,24-25H2,1-2H3;3-16,19-21,29,34H,17-18,22-23H2,1-2H3/b19-16+;15-13+. The van der Waals surface area contributed by atoms with Crippen LogP contribution in [0, 0.1) is 0 Å². The van der Waals surface area contributed by atoms with Gasteiger partial charge in [-0.2, -0.15) is 0 Å². The van der Waals surface area contributed by atoms with E-state index in [2.05, 4.69) is 41.7 Å². The summed E-state index contributed by atoms with van der Waals surface area (Å²) >= 11 is 0. The van der Waals surface area contributed by atoms with Crippen molar-refractivity contribution in [2.75, 3.05) is 35.0 Å². The molecule has 9 rings (SSSR count). The first kappa shape index (κ1) is 54.5. The molecule has 8 aromatic rings. The van der Waals surface area contributed by atoms with E-state index in [0.717, 1.165) is 82.0 Å². The highest BCUT2D eigenvalue weighted by Gasteiger charge is 2.21. The second-order valence-electron chi connectivity index (χ2n) is 18.3. The normalized spacial score (nSPS) is 12.7. The summed E-state index contributed by atoms with van der Waals surface area (Å²) in [5.41, 5.74) is 9.90. The maximum atomic E-state index is 12.5. The molecular weight excluding hydrogens is 963 g/mol. The van der Waals surface area contributed by atoms with Crippen LogP contribution in [-0.2, 0) is 44.1 Å². The lowest BCUT2D eigenvalue weighted by molar-refractivity contribution is -0.114. The van der Waals surface area contributed by atoms with Crippen molar-refractivity contribution in [3.8, 4) is 46.0 Å². The molecule has 1 aliphatic heterocycles. The Kier molecular flexibility index (Phi) is 20.4. The van der Waals surface area contributed by atoms with E-state index in [4.69, 9.17) is 37.9 Å². The van der Waals surface area contributed by atoms with Crippen LogP contribution in [0.25, 0.3) is 12.2 Å². The van der Waals surface area contributed by atoms with E-state index < -0.39 is 0 Å². The van der Waals surface area contributed by atoms with Gasteiger partial charge in [0.05, 0.1) is 34.5 Å². The maximum Gasteiger partial charge on any atom is 0.162 e. The molecule has 1 atom stereocenters. The van der Waals surface area contributed by atoms with Crippen LogP contribution in [0.5, 0.6) is 46.0 Å². The number of ether oxygens (including phenoxy) is 8. The molecule has 0 aliphatic carbocycles. The smallest absolute Gasteiger partial charge is 0.162 e. The number of ketones is 1. The second-order valence-corrected chi connectivity index (χ2v) is 18.3. The number of hydrogen-bond acceptors (Lipinski definition) is 10. The number of aryl methyl sites for hydroxylation is 1. The summed E-state index contributed by atoms with van der Waals surface area (Å²) in [5.74, 6) is 5.72. The molecule has 1 heterocycles. The molecule has 10 nitrogen and oxygen atoms in total. The van der Waals surface area contributed by atoms with Gasteiger partial charge in [0.1, 0.15) is 26.4 Å². The Hall–Kier alpha value is -8.73.